The molecule has 0 atom stereocenters. The summed E-state index contributed by atoms with van der Waals surface area (Å²) < 4.78 is 6.39. The van der Waals surface area contributed by atoms with E-state index in [9.17, 15) is 0 Å². The summed E-state index contributed by atoms with van der Waals surface area (Å²) in [4.78, 5) is 8.97. The van der Waals surface area contributed by atoms with Crippen molar-refractivity contribution in [1.29, 1.82) is 0 Å². The Balaban J connectivity index is 2.54. The minimum absolute atomic E-state index is 0.644. The van der Waals surface area contributed by atoms with Crippen LogP contribution in [0.15, 0.2) is 28.7 Å². The van der Waals surface area contributed by atoms with Gasteiger partial charge >= 0.3 is 0 Å². The number of nitrogens with zero attached hydrogens (tertiary/aromatic N) is 2. The number of benzene rings is 1. The molecule has 0 amide bonds. The first-order valence-corrected chi connectivity index (χ1v) is 6.76. The maximum absolute atomic E-state index is 5.40. The minimum atomic E-state index is 0.644. The SMILES string of the molecule is CNCc1nc(C)cc(-c2cc(Br)ccc2OC)n1. The lowest BCUT2D eigenvalue weighted by molar-refractivity contribution is 0.416. The fraction of sp³-hybridized carbons (Fsp3) is 0.286. The summed E-state index contributed by atoms with van der Waals surface area (Å²) in [5.41, 5.74) is 2.77. The van der Waals surface area contributed by atoms with E-state index in [1.165, 1.54) is 0 Å². The quantitative estimate of drug-likeness (QED) is 0.940. The lowest BCUT2D eigenvalue weighted by atomic mass is 10.1. The Morgan fingerprint density at radius 2 is 2.05 bits per heavy atom. The van der Waals surface area contributed by atoms with Crippen molar-refractivity contribution in [3.05, 3.63) is 40.3 Å². The van der Waals surface area contributed by atoms with Crippen molar-refractivity contribution in [1.82, 2.24) is 15.3 Å². The van der Waals surface area contributed by atoms with Gasteiger partial charge in [-0.25, -0.2) is 9.97 Å². The van der Waals surface area contributed by atoms with Crippen molar-refractivity contribution in [3.8, 4) is 17.0 Å². The molecular formula is C14H16BrN3O. The monoisotopic (exact) mass is 321 g/mol. The van der Waals surface area contributed by atoms with Gasteiger partial charge in [-0.05, 0) is 38.2 Å². The van der Waals surface area contributed by atoms with E-state index in [2.05, 4.69) is 31.2 Å². The van der Waals surface area contributed by atoms with Crippen LogP contribution in [0.2, 0.25) is 0 Å². The smallest absolute Gasteiger partial charge is 0.143 e. The Kier molecular flexibility index (Phi) is 4.50. The average molecular weight is 322 g/mol. The lowest BCUT2D eigenvalue weighted by Gasteiger charge is -2.10. The predicted molar refractivity (Wildman–Crippen MR) is 79.2 cm³/mol. The van der Waals surface area contributed by atoms with Crippen LogP contribution >= 0.6 is 15.9 Å². The molecule has 1 aromatic carbocycles. The third-order valence-electron chi connectivity index (χ3n) is 2.67. The molecular weight excluding hydrogens is 306 g/mol. The number of methoxy groups -OCH3 is 1. The molecule has 4 nitrogen and oxygen atoms in total. The topological polar surface area (TPSA) is 47.0 Å². The minimum Gasteiger partial charge on any atom is -0.496 e. The number of halogens is 1. The Labute approximate surface area is 121 Å². The number of ether oxygens (including phenoxy) is 1. The van der Waals surface area contributed by atoms with Crippen LogP contribution < -0.4 is 10.1 Å². The highest BCUT2D eigenvalue weighted by molar-refractivity contribution is 9.10. The summed E-state index contributed by atoms with van der Waals surface area (Å²) in [6.07, 6.45) is 0. The van der Waals surface area contributed by atoms with E-state index >= 15 is 0 Å². The van der Waals surface area contributed by atoms with E-state index in [4.69, 9.17) is 4.74 Å². The fourth-order valence-electron chi connectivity index (χ4n) is 1.89. The summed E-state index contributed by atoms with van der Waals surface area (Å²) in [6.45, 7) is 2.61. The fourth-order valence-corrected chi connectivity index (χ4v) is 2.25. The zero-order valence-electron chi connectivity index (χ0n) is 11.2. The maximum atomic E-state index is 5.40. The van der Waals surface area contributed by atoms with Crippen molar-refractivity contribution < 1.29 is 4.74 Å². The number of aromatic nitrogens is 2. The molecule has 1 heterocycles. The van der Waals surface area contributed by atoms with Crippen molar-refractivity contribution >= 4 is 15.9 Å². The van der Waals surface area contributed by atoms with Gasteiger partial charge in [0.2, 0.25) is 0 Å². The first kappa shape index (κ1) is 14.0. The number of hydrogen-bond donors (Lipinski definition) is 1. The van der Waals surface area contributed by atoms with Gasteiger partial charge in [-0.2, -0.15) is 0 Å². The molecule has 1 N–H and O–H groups in total. The van der Waals surface area contributed by atoms with Crippen molar-refractivity contribution in [2.45, 2.75) is 13.5 Å². The lowest BCUT2D eigenvalue weighted by Crippen LogP contribution is -2.10. The van der Waals surface area contributed by atoms with Crippen LogP contribution in [0.3, 0.4) is 0 Å². The normalized spacial score (nSPS) is 10.5. The van der Waals surface area contributed by atoms with Gasteiger partial charge in [0.05, 0.1) is 19.3 Å². The van der Waals surface area contributed by atoms with Crippen LogP contribution in [0, 0.1) is 6.92 Å². The van der Waals surface area contributed by atoms with Gasteiger partial charge < -0.3 is 10.1 Å². The molecule has 0 bridgehead atoms. The summed E-state index contributed by atoms with van der Waals surface area (Å²) in [5, 5.41) is 3.06. The average Bonchev–Trinajstić information content (AvgIpc) is 2.38. The first-order chi connectivity index (χ1) is 9.13. The van der Waals surface area contributed by atoms with Gasteiger partial charge in [0.1, 0.15) is 11.6 Å². The van der Waals surface area contributed by atoms with E-state index < -0.39 is 0 Å². The van der Waals surface area contributed by atoms with Crippen molar-refractivity contribution in [2.75, 3.05) is 14.2 Å². The van der Waals surface area contributed by atoms with Crippen LogP contribution in [0.4, 0.5) is 0 Å². The van der Waals surface area contributed by atoms with Gasteiger partial charge in [0, 0.05) is 15.7 Å². The molecule has 0 radical (unpaired) electrons. The molecule has 0 spiro atoms. The van der Waals surface area contributed by atoms with E-state index in [0.29, 0.717) is 6.54 Å². The van der Waals surface area contributed by atoms with E-state index in [1.54, 1.807) is 7.11 Å². The molecule has 100 valence electrons. The van der Waals surface area contributed by atoms with E-state index in [-0.39, 0.29) is 0 Å². The molecule has 0 aliphatic carbocycles. The predicted octanol–water partition coefficient (Wildman–Crippen LogP) is 2.94. The van der Waals surface area contributed by atoms with Crippen LogP contribution in [-0.4, -0.2) is 24.1 Å². The van der Waals surface area contributed by atoms with Gasteiger partial charge in [-0.1, -0.05) is 15.9 Å². The van der Waals surface area contributed by atoms with Gasteiger partial charge in [0.15, 0.2) is 0 Å². The second-order valence-corrected chi connectivity index (χ2v) is 5.10. The molecule has 2 aromatic rings. The molecule has 0 fully saturated rings. The van der Waals surface area contributed by atoms with E-state index in [0.717, 1.165) is 33.0 Å². The number of nitrogens with one attached hydrogen (secondary N) is 1. The van der Waals surface area contributed by atoms with E-state index in [1.807, 2.05) is 38.2 Å². The molecule has 0 unspecified atom stereocenters. The van der Waals surface area contributed by atoms with Crippen LogP contribution in [-0.2, 0) is 6.54 Å². The zero-order valence-corrected chi connectivity index (χ0v) is 12.8. The standard InChI is InChI=1S/C14H16BrN3O/c1-9-6-12(18-14(17-9)8-16-2)11-7-10(15)4-5-13(11)19-3/h4-7,16H,8H2,1-3H3. The molecule has 0 aliphatic heterocycles. The largest absolute Gasteiger partial charge is 0.496 e. The Hall–Kier alpha value is -1.46. The maximum Gasteiger partial charge on any atom is 0.143 e. The molecule has 0 saturated carbocycles. The second-order valence-electron chi connectivity index (χ2n) is 4.19. The van der Waals surface area contributed by atoms with Gasteiger partial charge in [-0.3, -0.25) is 0 Å². The third-order valence-corrected chi connectivity index (χ3v) is 3.17. The number of rotatable bonds is 4. The summed E-state index contributed by atoms with van der Waals surface area (Å²) >= 11 is 3.48. The second kappa shape index (κ2) is 6.12. The zero-order chi connectivity index (χ0) is 13.8. The molecule has 0 aliphatic rings. The Bertz CT molecular complexity index is 587. The van der Waals surface area contributed by atoms with Gasteiger partial charge in [-0.15, -0.1) is 0 Å². The summed E-state index contributed by atoms with van der Waals surface area (Å²) in [7, 11) is 3.54. The highest BCUT2D eigenvalue weighted by Crippen LogP contribution is 2.31. The number of aryl methyl sites for hydroxylation is 1. The van der Waals surface area contributed by atoms with Crippen LogP contribution in [0.25, 0.3) is 11.3 Å². The Morgan fingerprint density at radius 3 is 2.74 bits per heavy atom. The summed E-state index contributed by atoms with van der Waals surface area (Å²) in [6, 6.07) is 7.84. The third kappa shape index (κ3) is 3.30. The van der Waals surface area contributed by atoms with Crippen molar-refractivity contribution in [3.63, 3.8) is 0 Å². The molecule has 2 rings (SSSR count). The Morgan fingerprint density at radius 1 is 1.26 bits per heavy atom. The molecule has 19 heavy (non-hydrogen) atoms. The highest BCUT2D eigenvalue weighted by Gasteiger charge is 2.10. The van der Waals surface area contributed by atoms with Crippen molar-refractivity contribution in [2.24, 2.45) is 0 Å². The van der Waals surface area contributed by atoms with Gasteiger partial charge in [0.25, 0.3) is 0 Å². The van der Waals surface area contributed by atoms with Crippen LogP contribution in [0.1, 0.15) is 11.5 Å². The first-order valence-electron chi connectivity index (χ1n) is 5.97. The molecule has 1 aromatic heterocycles. The molecule has 0 saturated heterocycles. The summed E-state index contributed by atoms with van der Waals surface area (Å²) in [5.74, 6) is 1.58. The number of hydrogen-bond acceptors (Lipinski definition) is 4. The van der Waals surface area contributed by atoms with Crippen LogP contribution in [0.5, 0.6) is 5.75 Å². The molecule has 5 heteroatoms. The highest BCUT2D eigenvalue weighted by atomic mass is 79.9.